The van der Waals surface area contributed by atoms with E-state index in [2.05, 4.69) is 5.32 Å². The number of hydrogen-bond acceptors (Lipinski definition) is 2. The van der Waals surface area contributed by atoms with Crippen LogP contribution in [-0.2, 0) is 9.59 Å². The second-order valence-electron chi connectivity index (χ2n) is 2.41. The molecule has 1 fully saturated rings. The van der Waals surface area contributed by atoms with Crippen molar-refractivity contribution >= 4 is 24.2 Å². The standard InChI is InChI=1S/C5H7NO2.ClH/c1-5(2)3(7)6-4(5)8;/h1-2H3,(H,6,7,8);1H. The molecule has 0 radical (unpaired) electrons. The third kappa shape index (κ3) is 0.920. The Hall–Kier alpha value is -0.570. The summed E-state index contributed by atoms with van der Waals surface area (Å²) in [6.07, 6.45) is 0. The van der Waals surface area contributed by atoms with Gasteiger partial charge in [-0.2, -0.15) is 0 Å². The highest BCUT2D eigenvalue weighted by molar-refractivity contribution is 6.21. The Morgan fingerprint density at radius 2 is 1.56 bits per heavy atom. The first-order chi connectivity index (χ1) is 3.55. The van der Waals surface area contributed by atoms with Crippen LogP contribution in [0.5, 0.6) is 0 Å². The topological polar surface area (TPSA) is 46.2 Å². The minimum atomic E-state index is -0.750. The van der Waals surface area contributed by atoms with Crippen molar-refractivity contribution in [2.75, 3.05) is 0 Å². The van der Waals surface area contributed by atoms with E-state index in [9.17, 15) is 9.59 Å². The molecular formula is C5H8ClNO2. The van der Waals surface area contributed by atoms with Gasteiger partial charge in [0.1, 0.15) is 5.41 Å². The number of halogens is 1. The Labute approximate surface area is 59.2 Å². The normalized spacial score (nSPS) is 21.6. The first kappa shape index (κ1) is 8.43. The van der Waals surface area contributed by atoms with Crippen LogP contribution in [-0.4, -0.2) is 11.8 Å². The van der Waals surface area contributed by atoms with Crippen molar-refractivity contribution in [2.24, 2.45) is 5.41 Å². The molecule has 1 N–H and O–H groups in total. The maximum absolute atomic E-state index is 10.4. The van der Waals surface area contributed by atoms with Gasteiger partial charge in [-0.05, 0) is 13.8 Å². The van der Waals surface area contributed by atoms with Gasteiger partial charge in [-0.15, -0.1) is 12.4 Å². The lowest BCUT2D eigenvalue weighted by atomic mass is 9.84. The van der Waals surface area contributed by atoms with Gasteiger partial charge in [-0.3, -0.25) is 14.9 Å². The number of carbonyl (C=O) groups is 2. The molecule has 0 aromatic rings. The zero-order chi connectivity index (χ0) is 6.36. The van der Waals surface area contributed by atoms with Gasteiger partial charge in [0.2, 0.25) is 11.8 Å². The van der Waals surface area contributed by atoms with Gasteiger partial charge < -0.3 is 0 Å². The SMILES string of the molecule is CC1(C)C(=O)NC1=O.Cl. The smallest absolute Gasteiger partial charge is 0.241 e. The van der Waals surface area contributed by atoms with Crippen LogP contribution in [0, 0.1) is 5.41 Å². The molecule has 0 saturated carbocycles. The van der Waals surface area contributed by atoms with Gasteiger partial charge in [-0.25, -0.2) is 0 Å². The first-order valence-corrected chi connectivity index (χ1v) is 2.41. The Morgan fingerprint density at radius 1 is 1.22 bits per heavy atom. The van der Waals surface area contributed by atoms with Crippen molar-refractivity contribution < 1.29 is 9.59 Å². The molecule has 0 aromatic carbocycles. The van der Waals surface area contributed by atoms with E-state index in [0.717, 1.165) is 0 Å². The average molecular weight is 150 g/mol. The number of nitrogens with one attached hydrogen (secondary N) is 1. The predicted octanol–water partition coefficient (Wildman–Crippen LogP) is 0.0908. The molecule has 0 bridgehead atoms. The van der Waals surface area contributed by atoms with E-state index in [0.29, 0.717) is 0 Å². The summed E-state index contributed by atoms with van der Waals surface area (Å²) in [5, 5.41) is 2.12. The Morgan fingerprint density at radius 3 is 1.56 bits per heavy atom. The van der Waals surface area contributed by atoms with Crippen molar-refractivity contribution in [1.82, 2.24) is 5.32 Å². The number of β-lactam (4-membered cyclic amide) rings is 2. The molecule has 0 unspecified atom stereocenters. The third-order valence-corrected chi connectivity index (χ3v) is 1.36. The van der Waals surface area contributed by atoms with E-state index < -0.39 is 5.41 Å². The van der Waals surface area contributed by atoms with Gasteiger partial charge in [0.15, 0.2) is 0 Å². The highest BCUT2D eigenvalue weighted by atomic mass is 35.5. The van der Waals surface area contributed by atoms with Crippen LogP contribution in [0.3, 0.4) is 0 Å². The number of amides is 2. The van der Waals surface area contributed by atoms with E-state index in [4.69, 9.17) is 0 Å². The molecule has 1 aliphatic rings. The third-order valence-electron chi connectivity index (χ3n) is 1.36. The van der Waals surface area contributed by atoms with E-state index >= 15 is 0 Å². The molecule has 9 heavy (non-hydrogen) atoms. The lowest BCUT2D eigenvalue weighted by Crippen LogP contribution is -2.60. The summed E-state index contributed by atoms with van der Waals surface area (Å²) >= 11 is 0. The van der Waals surface area contributed by atoms with Gasteiger partial charge in [0, 0.05) is 0 Å². The predicted molar refractivity (Wildman–Crippen MR) is 34.2 cm³/mol. The Bertz CT molecular complexity index is 148. The molecule has 3 nitrogen and oxygen atoms in total. The van der Waals surface area contributed by atoms with Crippen LogP contribution < -0.4 is 5.32 Å². The highest BCUT2D eigenvalue weighted by Gasteiger charge is 2.46. The minimum absolute atomic E-state index is 0. The second kappa shape index (κ2) is 1.99. The fourth-order valence-electron chi connectivity index (χ4n) is 0.456. The summed E-state index contributed by atoms with van der Waals surface area (Å²) in [6.45, 7) is 3.21. The lowest BCUT2D eigenvalue weighted by Gasteiger charge is -2.30. The summed E-state index contributed by atoms with van der Waals surface area (Å²) in [7, 11) is 0. The molecule has 0 aliphatic carbocycles. The summed E-state index contributed by atoms with van der Waals surface area (Å²) in [5.74, 6) is -0.356. The number of imide groups is 1. The van der Waals surface area contributed by atoms with Gasteiger partial charge >= 0.3 is 0 Å². The van der Waals surface area contributed by atoms with Crippen LogP contribution >= 0.6 is 12.4 Å². The van der Waals surface area contributed by atoms with E-state index in [1.807, 2.05) is 0 Å². The maximum Gasteiger partial charge on any atom is 0.241 e. The summed E-state index contributed by atoms with van der Waals surface area (Å²) < 4.78 is 0. The molecule has 1 aliphatic heterocycles. The van der Waals surface area contributed by atoms with Crippen molar-refractivity contribution in [2.45, 2.75) is 13.8 Å². The maximum atomic E-state index is 10.4. The van der Waals surface area contributed by atoms with Crippen LogP contribution in [0.15, 0.2) is 0 Å². The summed E-state index contributed by atoms with van der Waals surface area (Å²) in [4.78, 5) is 20.9. The molecule has 1 saturated heterocycles. The molecular weight excluding hydrogens is 142 g/mol. The van der Waals surface area contributed by atoms with Gasteiger partial charge in [0.25, 0.3) is 0 Å². The second-order valence-corrected chi connectivity index (χ2v) is 2.41. The van der Waals surface area contributed by atoms with E-state index in [1.54, 1.807) is 13.8 Å². The van der Waals surface area contributed by atoms with Crippen molar-refractivity contribution in [3.63, 3.8) is 0 Å². The zero-order valence-corrected chi connectivity index (χ0v) is 6.04. The summed E-state index contributed by atoms with van der Waals surface area (Å²) in [6, 6.07) is 0. The van der Waals surface area contributed by atoms with Gasteiger partial charge in [-0.1, -0.05) is 0 Å². The largest absolute Gasteiger partial charge is 0.295 e. The Balaban J connectivity index is 0.000000640. The Kier molecular flexibility index (Phi) is 1.86. The van der Waals surface area contributed by atoms with Crippen LogP contribution in [0.2, 0.25) is 0 Å². The fraction of sp³-hybridized carbons (Fsp3) is 0.600. The van der Waals surface area contributed by atoms with Crippen LogP contribution in [0.1, 0.15) is 13.8 Å². The molecule has 1 heterocycles. The molecule has 0 atom stereocenters. The van der Waals surface area contributed by atoms with E-state index in [1.165, 1.54) is 0 Å². The monoisotopic (exact) mass is 149 g/mol. The molecule has 0 aromatic heterocycles. The van der Waals surface area contributed by atoms with Crippen molar-refractivity contribution in [3.05, 3.63) is 0 Å². The first-order valence-electron chi connectivity index (χ1n) is 2.41. The van der Waals surface area contributed by atoms with E-state index in [-0.39, 0.29) is 24.2 Å². The number of carbonyl (C=O) groups excluding carboxylic acids is 2. The molecule has 2 amide bonds. The number of hydrogen-bond donors (Lipinski definition) is 1. The minimum Gasteiger partial charge on any atom is -0.295 e. The molecule has 1 rings (SSSR count). The fourth-order valence-corrected chi connectivity index (χ4v) is 0.456. The van der Waals surface area contributed by atoms with Crippen molar-refractivity contribution in [3.8, 4) is 0 Å². The lowest BCUT2D eigenvalue weighted by molar-refractivity contribution is -0.154. The molecule has 0 spiro atoms. The zero-order valence-electron chi connectivity index (χ0n) is 5.22. The quantitative estimate of drug-likeness (QED) is 0.392. The summed E-state index contributed by atoms with van der Waals surface area (Å²) in [5.41, 5.74) is -0.750. The van der Waals surface area contributed by atoms with Crippen molar-refractivity contribution in [1.29, 1.82) is 0 Å². The molecule has 4 heteroatoms. The average Bonchev–Trinajstić information content (AvgIpc) is 1.68. The van der Waals surface area contributed by atoms with Crippen LogP contribution in [0.25, 0.3) is 0 Å². The van der Waals surface area contributed by atoms with Gasteiger partial charge in [0.05, 0.1) is 0 Å². The van der Waals surface area contributed by atoms with Crippen LogP contribution in [0.4, 0.5) is 0 Å². The highest BCUT2D eigenvalue weighted by Crippen LogP contribution is 2.22. The number of rotatable bonds is 0. The molecule has 52 valence electrons.